The molecule has 2 aromatic carbocycles. The van der Waals surface area contributed by atoms with Gasteiger partial charge in [0.05, 0.1) is 5.39 Å². The van der Waals surface area contributed by atoms with Crippen LogP contribution in [-0.2, 0) is 11.8 Å². The highest BCUT2D eigenvalue weighted by Crippen LogP contribution is 2.29. The smallest absolute Gasteiger partial charge is 0.245 e. The van der Waals surface area contributed by atoms with Crippen molar-refractivity contribution >= 4 is 16.9 Å². The second-order valence-electron chi connectivity index (χ2n) is 9.05. The second kappa shape index (κ2) is 9.87. The van der Waals surface area contributed by atoms with Gasteiger partial charge >= 0.3 is 0 Å². The van der Waals surface area contributed by atoms with Gasteiger partial charge in [0.2, 0.25) is 5.91 Å². The topological polar surface area (TPSA) is 73.1 Å². The van der Waals surface area contributed by atoms with Gasteiger partial charge in [-0.05, 0) is 54.3 Å². The van der Waals surface area contributed by atoms with E-state index in [1.165, 1.54) is 12.4 Å². The van der Waals surface area contributed by atoms with Gasteiger partial charge in [0.15, 0.2) is 5.65 Å². The molecule has 7 nitrogen and oxygen atoms in total. The molecule has 1 saturated heterocycles. The summed E-state index contributed by atoms with van der Waals surface area (Å²) in [6, 6.07) is 17.6. The predicted octanol–water partition coefficient (Wildman–Crippen LogP) is 5.25. The molecule has 4 aromatic rings. The van der Waals surface area contributed by atoms with E-state index < -0.39 is 0 Å². The number of aryl methyl sites for hydroxylation is 1. The molecule has 0 saturated carbocycles. The molecule has 2 aromatic heterocycles. The molecular weight excluding hydrogens is 426 g/mol. The van der Waals surface area contributed by atoms with Crippen molar-refractivity contribution in [2.75, 3.05) is 13.1 Å². The molecule has 5 rings (SSSR count). The lowest BCUT2D eigenvalue weighted by molar-refractivity contribution is -0.125. The molecule has 1 aliphatic heterocycles. The van der Waals surface area contributed by atoms with E-state index in [1.54, 1.807) is 10.9 Å². The average molecular weight is 456 g/mol. The lowest BCUT2D eigenvalue weighted by atomic mass is 9.93. The summed E-state index contributed by atoms with van der Waals surface area (Å²) in [5.41, 5.74) is 3.00. The number of hydrogen-bond donors (Lipinski definition) is 0. The minimum atomic E-state index is 0.0653. The molecule has 0 aliphatic carbocycles. The van der Waals surface area contributed by atoms with E-state index >= 15 is 0 Å². The Balaban J connectivity index is 0.000000210. The summed E-state index contributed by atoms with van der Waals surface area (Å²) in [5.74, 6) is 1.67. The zero-order valence-electron chi connectivity index (χ0n) is 19.8. The first-order valence-electron chi connectivity index (χ1n) is 11.2. The maximum absolute atomic E-state index is 11.1. The fourth-order valence-electron chi connectivity index (χ4n) is 3.95. The number of amides is 1. The standard InChI is InChI=1S/C18H14N4O.C9H15NO/c1-22-18-16(11-19-12-20-18)17(21-22)13-7-9-15(10-8-13)23-14-5-3-2-4-6-14;1-4-8(11)10-6-5-9(2,3)7-10/h2-12H,1H3;4H,1,5-7H2,2-3H3. The van der Waals surface area contributed by atoms with Crippen LogP contribution in [-0.4, -0.2) is 43.6 Å². The van der Waals surface area contributed by atoms with Gasteiger partial charge in [0.1, 0.15) is 23.5 Å². The van der Waals surface area contributed by atoms with E-state index in [4.69, 9.17) is 4.74 Å². The summed E-state index contributed by atoms with van der Waals surface area (Å²) < 4.78 is 7.58. The molecule has 0 radical (unpaired) electrons. The van der Waals surface area contributed by atoms with Crippen molar-refractivity contribution < 1.29 is 9.53 Å². The Bertz CT molecular complexity index is 1280. The van der Waals surface area contributed by atoms with E-state index in [-0.39, 0.29) is 5.91 Å². The van der Waals surface area contributed by atoms with Crippen LogP contribution in [0.25, 0.3) is 22.3 Å². The lowest BCUT2D eigenvalue weighted by Gasteiger charge is -2.18. The van der Waals surface area contributed by atoms with E-state index in [0.29, 0.717) is 5.41 Å². The number of benzene rings is 2. The largest absolute Gasteiger partial charge is 0.457 e. The monoisotopic (exact) mass is 455 g/mol. The maximum atomic E-state index is 11.1. The van der Waals surface area contributed by atoms with Crippen LogP contribution in [0.3, 0.4) is 0 Å². The van der Waals surface area contributed by atoms with Gasteiger partial charge in [0, 0.05) is 31.9 Å². The average Bonchev–Trinajstić information content (AvgIpc) is 3.39. The van der Waals surface area contributed by atoms with Crippen LogP contribution in [0.2, 0.25) is 0 Å². The first kappa shape index (κ1) is 23.2. The van der Waals surface area contributed by atoms with Crippen molar-refractivity contribution in [1.29, 1.82) is 0 Å². The Labute approximate surface area is 199 Å². The Morgan fingerprint density at radius 3 is 2.44 bits per heavy atom. The Hall–Kier alpha value is -4.00. The highest BCUT2D eigenvalue weighted by molar-refractivity contribution is 5.90. The molecule has 0 atom stereocenters. The predicted molar refractivity (Wildman–Crippen MR) is 133 cm³/mol. The first-order chi connectivity index (χ1) is 16.4. The number of para-hydroxylation sites is 1. The number of ether oxygens (including phenoxy) is 1. The third-order valence-corrected chi connectivity index (χ3v) is 5.77. The van der Waals surface area contributed by atoms with Crippen molar-refractivity contribution in [2.45, 2.75) is 20.3 Å². The van der Waals surface area contributed by atoms with Crippen molar-refractivity contribution in [1.82, 2.24) is 24.6 Å². The summed E-state index contributed by atoms with van der Waals surface area (Å²) in [5, 5.41) is 5.48. The zero-order chi connectivity index (χ0) is 24.1. The molecule has 174 valence electrons. The summed E-state index contributed by atoms with van der Waals surface area (Å²) in [6.07, 6.45) is 5.82. The van der Waals surface area contributed by atoms with Gasteiger partial charge < -0.3 is 9.64 Å². The normalized spacial score (nSPS) is 14.4. The lowest BCUT2D eigenvalue weighted by Crippen LogP contribution is -2.28. The van der Waals surface area contributed by atoms with Crippen LogP contribution in [0.5, 0.6) is 11.5 Å². The van der Waals surface area contributed by atoms with Crippen molar-refractivity contribution in [3.8, 4) is 22.8 Å². The second-order valence-corrected chi connectivity index (χ2v) is 9.05. The number of likely N-dealkylation sites (tertiary alicyclic amines) is 1. The molecule has 34 heavy (non-hydrogen) atoms. The molecule has 7 heteroatoms. The van der Waals surface area contributed by atoms with Gasteiger partial charge in [-0.1, -0.05) is 38.6 Å². The van der Waals surface area contributed by atoms with Crippen LogP contribution in [0.15, 0.2) is 79.8 Å². The maximum Gasteiger partial charge on any atom is 0.245 e. The fourth-order valence-corrected chi connectivity index (χ4v) is 3.95. The summed E-state index contributed by atoms with van der Waals surface area (Å²) in [6.45, 7) is 9.59. The van der Waals surface area contributed by atoms with Gasteiger partial charge in [-0.15, -0.1) is 0 Å². The van der Waals surface area contributed by atoms with Crippen LogP contribution >= 0.6 is 0 Å². The first-order valence-corrected chi connectivity index (χ1v) is 11.2. The van der Waals surface area contributed by atoms with Gasteiger partial charge in [-0.3, -0.25) is 4.79 Å². The highest BCUT2D eigenvalue weighted by atomic mass is 16.5. The number of nitrogens with zero attached hydrogens (tertiary/aromatic N) is 5. The molecule has 0 unspecified atom stereocenters. The van der Waals surface area contributed by atoms with Crippen molar-refractivity contribution in [2.24, 2.45) is 12.5 Å². The van der Waals surface area contributed by atoms with Gasteiger partial charge in [-0.2, -0.15) is 5.10 Å². The molecule has 1 aliphatic rings. The number of carbonyl (C=O) groups excluding carboxylic acids is 1. The number of aromatic nitrogens is 4. The number of rotatable bonds is 4. The summed E-state index contributed by atoms with van der Waals surface area (Å²) >= 11 is 0. The Morgan fingerprint density at radius 1 is 1.09 bits per heavy atom. The molecule has 0 N–H and O–H groups in total. The van der Waals surface area contributed by atoms with Crippen molar-refractivity contribution in [3.63, 3.8) is 0 Å². The Kier molecular flexibility index (Phi) is 6.72. The van der Waals surface area contributed by atoms with Crippen LogP contribution in [0.1, 0.15) is 20.3 Å². The van der Waals surface area contributed by atoms with E-state index in [9.17, 15) is 4.79 Å². The molecule has 0 spiro atoms. The number of fused-ring (bicyclic) bond motifs is 1. The summed E-state index contributed by atoms with van der Waals surface area (Å²) in [7, 11) is 1.88. The third-order valence-electron chi connectivity index (χ3n) is 5.77. The van der Waals surface area contributed by atoms with Crippen molar-refractivity contribution in [3.05, 3.63) is 79.8 Å². The van der Waals surface area contributed by atoms with Crippen LogP contribution in [0, 0.1) is 5.41 Å². The highest BCUT2D eigenvalue weighted by Gasteiger charge is 2.30. The number of hydrogen-bond acceptors (Lipinski definition) is 5. The zero-order valence-corrected chi connectivity index (χ0v) is 19.8. The van der Waals surface area contributed by atoms with E-state index in [2.05, 4.69) is 35.5 Å². The van der Waals surface area contributed by atoms with E-state index in [1.807, 2.05) is 66.5 Å². The Morgan fingerprint density at radius 2 is 1.79 bits per heavy atom. The molecule has 1 fully saturated rings. The summed E-state index contributed by atoms with van der Waals surface area (Å²) in [4.78, 5) is 21.3. The molecule has 0 bridgehead atoms. The quantitative estimate of drug-likeness (QED) is 0.393. The SMILES string of the molecule is C=CC(=O)N1CCC(C)(C)C1.Cn1nc(-c2ccc(Oc3ccccc3)cc2)c2cncnc21. The van der Waals surface area contributed by atoms with Crippen LogP contribution in [0.4, 0.5) is 0 Å². The number of carbonyl (C=O) groups is 1. The van der Waals surface area contributed by atoms with Gasteiger partial charge in [-0.25, -0.2) is 14.6 Å². The van der Waals surface area contributed by atoms with Crippen LogP contribution < -0.4 is 4.74 Å². The molecule has 3 heterocycles. The fraction of sp³-hybridized carbons (Fsp3) is 0.259. The molecule has 1 amide bonds. The molecular formula is C27H29N5O2. The van der Waals surface area contributed by atoms with Gasteiger partial charge in [0.25, 0.3) is 0 Å². The minimum Gasteiger partial charge on any atom is -0.457 e. The third kappa shape index (κ3) is 5.31. The minimum absolute atomic E-state index is 0.0653. The van der Waals surface area contributed by atoms with E-state index in [0.717, 1.165) is 53.3 Å².